The van der Waals surface area contributed by atoms with Gasteiger partial charge < -0.3 is 19.9 Å². The summed E-state index contributed by atoms with van der Waals surface area (Å²) in [4.78, 5) is 0. The maximum atomic E-state index is 5.55. The van der Waals surface area contributed by atoms with Crippen molar-refractivity contribution in [3.05, 3.63) is 0 Å². The van der Waals surface area contributed by atoms with E-state index in [2.05, 4.69) is 10.6 Å². The topological polar surface area (TPSA) is 42.5 Å². The lowest BCUT2D eigenvalue weighted by Gasteiger charge is -2.26. The largest absolute Gasteiger partial charge is 0.488 e. The Balaban J connectivity index is 0.00000128. The number of hydrogen-bond acceptors (Lipinski definition) is 4. The summed E-state index contributed by atoms with van der Waals surface area (Å²) in [6, 6.07) is 0. The van der Waals surface area contributed by atoms with Gasteiger partial charge in [0.15, 0.2) is 0 Å². The van der Waals surface area contributed by atoms with Crippen LogP contribution in [0.25, 0.3) is 0 Å². The third kappa shape index (κ3) is 5.02. The Morgan fingerprint density at radius 3 is 1.75 bits per heavy atom. The van der Waals surface area contributed by atoms with Gasteiger partial charge in [0.05, 0.1) is 12.2 Å². The minimum atomic E-state index is 0. The molecule has 0 aromatic carbocycles. The first-order valence-corrected chi connectivity index (χ1v) is 5.99. The molecule has 0 saturated carbocycles. The first-order valence-electron chi connectivity index (χ1n) is 5.99. The number of halogens is 1. The van der Waals surface area contributed by atoms with E-state index >= 15 is 0 Å². The van der Waals surface area contributed by atoms with Crippen molar-refractivity contribution < 1.29 is 9.31 Å². The predicted octanol–water partition coefficient (Wildman–Crippen LogP) is 0.480. The molecule has 0 spiro atoms. The lowest BCUT2D eigenvalue weighted by atomic mass is 10.1. The minimum Gasteiger partial charge on any atom is -0.409 e. The summed E-state index contributed by atoms with van der Waals surface area (Å²) < 4.78 is 11.1. The van der Waals surface area contributed by atoms with E-state index in [1.54, 1.807) is 7.69 Å². The van der Waals surface area contributed by atoms with Crippen LogP contribution < -0.4 is 10.6 Å². The standard InChI is InChI=1S/C10H20BN2O2.ClH/c1-3-9(7-12-5-1)14-11-15-10-4-2-6-13-8-10;/h9-10,12-13H,1-8H2;1H. The van der Waals surface area contributed by atoms with E-state index in [0.717, 1.165) is 39.0 Å². The molecule has 2 fully saturated rings. The zero-order valence-corrected chi connectivity index (χ0v) is 10.4. The van der Waals surface area contributed by atoms with E-state index in [9.17, 15) is 0 Å². The van der Waals surface area contributed by atoms with Crippen molar-refractivity contribution in [1.82, 2.24) is 10.6 Å². The summed E-state index contributed by atoms with van der Waals surface area (Å²) >= 11 is 0. The van der Waals surface area contributed by atoms with Crippen LogP contribution in [-0.2, 0) is 9.31 Å². The van der Waals surface area contributed by atoms with E-state index in [-0.39, 0.29) is 12.4 Å². The van der Waals surface area contributed by atoms with Gasteiger partial charge in [0, 0.05) is 13.1 Å². The number of piperidine rings is 2. The van der Waals surface area contributed by atoms with E-state index < -0.39 is 0 Å². The van der Waals surface area contributed by atoms with Crippen molar-refractivity contribution in [2.24, 2.45) is 0 Å². The molecule has 0 amide bonds. The zero-order valence-electron chi connectivity index (χ0n) is 9.61. The molecule has 2 atom stereocenters. The molecule has 0 aromatic rings. The van der Waals surface area contributed by atoms with Crippen molar-refractivity contribution in [2.45, 2.75) is 37.9 Å². The third-order valence-electron chi connectivity index (χ3n) is 3.00. The highest BCUT2D eigenvalue weighted by atomic mass is 35.5. The molecule has 0 aromatic heterocycles. The molecule has 93 valence electrons. The second-order valence-corrected chi connectivity index (χ2v) is 4.31. The first kappa shape index (κ1) is 14.3. The second-order valence-electron chi connectivity index (χ2n) is 4.31. The molecule has 2 N–H and O–H groups in total. The van der Waals surface area contributed by atoms with Crippen molar-refractivity contribution >= 4 is 20.1 Å². The van der Waals surface area contributed by atoms with Crippen LogP contribution in [0, 0.1) is 0 Å². The van der Waals surface area contributed by atoms with Gasteiger partial charge >= 0.3 is 7.69 Å². The molecule has 2 aliphatic heterocycles. The van der Waals surface area contributed by atoms with Crippen LogP contribution in [0.3, 0.4) is 0 Å². The Morgan fingerprint density at radius 2 is 1.38 bits per heavy atom. The smallest absolute Gasteiger partial charge is 0.409 e. The third-order valence-corrected chi connectivity index (χ3v) is 3.00. The molecule has 1 radical (unpaired) electrons. The van der Waals surface area contributed by atoms with Crippen molar-refractivity contribution in [1.29, 1.82) is 0 Å². The van der Waals surface area contributed by atoms with Crippen LogP contribution in [0.15, 0.2) is 0 Å². The van der Waals surface area contributed by atoms with Gasteiger partial charge in [-0.3, -0.25) is 0 Å². The van der Waals surface area contributed by atoms with Gasteiger partial charge in [-0.15, -0.1) is 12.4 Å². The summed E-state index contributed by atoms with van der Waals surface area (Å²) in [7, 11) is 1.55. The summed E-state index contributed by atoms with van der Waals surface area (Å²) in [6.45, 7) is 4.13. The molecule has 16 heavy (non-hydrogen) atoms. The van der Waals surface area contributed by atoms with Gasteiger partial charge in [0.25, 0.3) is 0 Å². The van der Waals surface area contributed by atoms with Crippen LogP contribution in [0.4, 0.5) is 0 Å². The molecule has 2 aliphatic rings. The van der Waals surface area contributed by atoms with Gasteiger partial charge in [-0.2, -0.15) is 0 Å². The van der Waals surface area contributed by atoms with Crippen LogP contribution in [-0.4, -0.2) is 46.1 Å². The van der Waals surface area contributed by atoms with Crippen LogP contribution in [0.1, 0.15) is 25.7 Å². The van der Waals surface area contributed by atoms with Crippen LogP contribution in [0.2, 0.25) is 0 Å². The fourth-order valence-electron chi connectivity index (χ4n) is 2.06. The van der Waals surface area contributed by atoms with Gasteiger partial charge in [-0.1, -0.05) is 0 Å². The zero-order chi connectivity index (χ0) is 10.3. The quantitative estimate of drug-likeness (QED) is 0.709. The average molecular weight is 248 g/mol. The predicted molar refractivity (Wildman–Crippen MR) is 67.0 cm³/mol. The van der Waals surface area contributed by atoms with Gasteiger partial charge in [-0.25, -0.2) is 0 Å². The maximum Gasteiger partial charge on any atom is 0.488 e. The Labute approximate surface area is 105 Å². The highest BCUT2D eigenvalue weighted by Gasteiger charge is 2.17. The average Bonchev–Trinajstić information content (AvgIpc) is 2.32. The van der Waals surface area contributed by atoms with E-state index in [4.69, 9.17) is 9.31 Å². The fraction of sp³-hybridized carbons (Fsp3) is 1.00. The maximum absolute atomic E-state index is 5.55. The molecule has 2 unspecified atom stereocenters. The first-order chi connectivity index (χ1) is 7.45. The normalized spacial score (nSPS) is 30.5. The lowest BCUT2D eigenvalue weighted by Crippen LogP contribution is -2.39. The fourth-order valence-corrected chi connectivity index (χ4v) is 2.06. The number of rotatable bonds is 4. The van der Waals surface area contributed by atoms with Crippen molar-refractivity contribution in [3.63, 3.8) is 0 Å². The number of nitrogens with one attached hydrogen (secondary N) is 2. The van der Waals surface area contributed by atoms with Crippen molar-refractivity contribution in [2.75, 3.05) is 26.2 Å². The summed E-state index contributed by atoms with van der Waals surface area (Å²) in [6.07, 6.45) is 5.27. The molecule has 0 bridgehead atoms. The summed E-state index contributed by atoms with van der Waals surface area (Å²) in [5.74, 6) is 0. The molecule has 6 heteroatoms. The summed E-state index contributed by atoms with van der Waals surface area (Å²) in [5.41, 5.74) is 0. The Morgan fingerprint density at radius 1 is 0.875 bits per heavy atom. The van der Waals surface area contributed by atoms with Crippen LogP contribution >= 0.6 is 12.4 Å². The Hall–Kier alpha value is 0.195. The van der Waals surface area contributed by atoms with E-state index in [1.165, 1.54) is 12.8 Å². The van der Waals surface area contributed by atoms with Gasteiger partial charge in [0.1, 0.15) is 0 Å². The monoisotopic (exact) mass is 247 g/mol. The SMILES string of the molecule is Cl.[B](OC1CCCNC1)OC1CCCNC1. The molecule has 2 rings (SSSR count). The minimum absolute atomic E-state index is 0. The number of hydrogen-bond donors (Lipinski definition) is 2. The molecule has 2 heterocycles. The Kier molecular flexibility index (Phi) is 7.40. The van der Waals surface area contributed by atoms with E-state index in [1.807, 2.05) is 0 Å². The van der Waals surface area contributed by atoms with Gasteiger partial charge in [-0.05, 0) is 38.8 Å². The molecule has 2 saturated heterocycles. The Bertz CT molecular complexity index is 158. The van der Waals surface area contributed by atoms with Crippen LogP contribution in [0.5, 0.6) is 0 Å². The molecule has 0 aliphatic carbocycles. The highest BCUT2D eigenvalue weighted by molar-refractivity contribution is 6.18. The van der Waals surface area contributed by atoms with E-state index in [0.29, 0.717) is 12.2 Å². The highest BCUT2D eigenvalue weighted by Crippen LogP contribution is 2.08. The lowest BCUT2D eigenvalue weighted by molar-refractivity contribution is 0.0932. The van der Waals surface area contributed by atoms with Crippen molar-refractivity contribution in [3.8, 4) is 0 Å². The second kappa shape index (κ2) is 8.31. The molecular weight excluding hydrogens is 226 g/mol. The molecule has 4 nitrogen and oxygen atoms in total. The van der Waals surface area contributed by atoms with Gasteiger partial charge in [0.2, 0.25) is 0 Å². The summed E-state index contributed by atoms with van der Waals surface area (Å²) in [5, 5.41) is 6.62. The molecular formula is C10H21BClN2O2.